The van der Waals surface area contributed by atoms with Crippen molar-refractivity contribution < 1.29 is 9.59 Å². The smallest absolute Gasteiger partial charge is 0.255 e. The van der Waals surface area contributed by atoms with Gasteiger partial charge in [0, 0.05) is 34.3 Å². The van der Waals surface area contributed by atoms with Gasteiger partial charge in [-0.1, -0.05) is 116 Å². The third-order valence-corrected chi connectivity index (χ3v) is 8.14. The van der Waals surface area contributed by atoms with Gasteiger partial charge < -0.3 is 15.6 Å². The van der Waals surface area contributed by atoms with Crippen LogP contribution < -0.4 is 10.6 Å². The van der Waals surface area contributed by atoms with Gasteiger partial charge in [0.05, 0.1) is 5.69 Å². The maximum absolute atomic E-state index is 12.9. The molecule has 2 aromatic heterocycles. The number of unbranched alkanes of at least 4 members (excludes halogenated alkanes) is 10. The average molecular weight is 619 g/mol. The Balaban J connectivity index is 1.21. The zero-order chi connectivity index (χ0) is 31.5. The molecule has 2 heterocycles. The Morgan fingerprint density at radius 2 is 1.45 bits per heavy atom. The molecule has 0 saturated carbocycles. The summed E-state index contributed by atoms with van der Waals surface area (Å²) >= 11 is 6.58. The first-order valence-electron chi connectivity index (χ1n) is 16.1. The topological polar surface area (TPSA) is 104 Å². The summed E-state index contributed by atoms with van der Waals surface area (Å²) in [4.78, 5) is 28.6. The highest BCUT2D eigenvalue weighted by molar-refractivity contribution is 6.34. The maximum atomic E-state index is 12.9. The predicted octanol–water partition coefficient (Wildman–Crippen LogP) is 9.57. The molecule has 8 nitrogen and oxygen atoms in total. The maximum Gasteiger partial charge on any atom is 0.255 e. The fourth-order valence-corrected chi connectivity index (χ4v) is 5.68. The fourth-order valence-electron chi connectivity index (χ4n) is 5.23. The number of H-pyrrole nitrogens is 1. The van der Waals surface area contributed by atoms with Crippen molar-refractivity contribution in [2.75, 3.05) is 10.6 Å². The van der Waals surface area contributed by atoms with Crippen molar-refractivity contribution in [2.24, 2.45) is 0 Å². The first-order chi connectivity index (χ1) is 21.2. The van der Waals surface area contributed by atoms with E-state index in [1.165, 1.54) is 62.4 Å². The standard InChI is InChI=1S/C35H47ClN6O2/c1-5-6-7-8-9-10-11-12-13-14-15-19-29(43)37-27-22-20-25(21-23-27)34(44)38-28-18-16-17-26(24-28)32-39-33-30(36)31(35(2,3)4)40-42(33)41-32/h16-18,20-24H,5-15,19H2,1-4H3,(H,37,43)(H,38,44)(H,39,41). The Hall–Kier alpha value is -3.65. The van der Waals surface area contributed by atoms with Crippen molar-refractivity contribution in [3.05, 3.63) is 64.8 Å². The molecule has 0 aliphatic heterocycles. The first kappa shape index (κ1) is 33.2. The van der Waals surface area contributed by atoms with Crippen LogP contribution in [0.2, 0.25) is 5.02 Å². The highest BCUT2D eigenvalue weighted by atomic mass is 35.5. The number of nitrogens with one attached hydrogen (secondary N) is 3. The monoisotopic (exact) mass is 618 g/mol. The summed E-state index contributed by atoms with van der Waals surface area (Å²) in [5, 5.41) is 15.5. The lowest BCUT2D eigenvalue weighted by Gasteiger charge is -2.14. The lowest BCUT2D eigenvalue weighted by Crippen LogP contribution is -2.13. The second-order valence-corrected chi connectivity index (χ2v) is 13.0. The summed E-state index contributed by atoms with van der Waals surface area (Å²) in [6.07, 6.45) is 14.3. The second-order valence-electron chi connectivity index (χ2n) is 12.7. The molecule has 0 fully saturated rings. The molecule has 0 saturated heterocycles. The number of halogens is 1. The minimum absolute atomic E-state index is 0.0104. The Bertz CT molecular complexity index is 1520. The molecular formula is C35H47ClN6O2. The van der Waals surface area contributed by atoms with Crippen molar-refractivity contribution in [1.29, 1.82) is 0 Å². The number of hydrogen-bond acceptors (Lipinski definition) is 4. The highest BCUT2D eigenvalue weighted by Crippen LogP contribution is 2.32. The van der Waals surface area contributed by atoms with Crippen molar-refractivity contribution in [3.8, 4) is 11.4 Å². The third kappa shape index (κ3) is 9.42. The van der Waals surface area contributed by atoms with Gasteiger partial charge in [-0.3, -0.25) is 9.59 Å². The van der Waals surface area contributed by atoms with Crippen molar-refractivity contribution in [2.45, 2.75) is 110 Å². The lowest BCUT2D eigenvalue weighted by molar-refractivity contribution is -0.116. The van der Waals surface area contributed by atoms with E-state index in [9.17, 15) is 9.59 Å². The molecule has 236 valence electrons. The van der Waals surface area contributed by atoms with E-state index in [-0.39, 0.29) is 17.2 Å². The molecular weight excluding hydrogens is 572 g/mol. The van der Waals surface area contributed by atoms with Gasteiger partial charge in [-0.05, 0) is 42.8 Å². The van der Waals surface area contributed by atoms with Crippen LogP contribution in [0.1, 0.15) is 121 Å². The highest BCUT2D eigenvalue weighted by Gasteiger charge is 2.25. The fraction of sp³-hybridized carbons (Fsp3) is 0.486. The Morgan fingerprint density at radius 3 is 2.07 bits per heavy atom. The van der Waals surface area contributed by atoms with Gasteiger partial charge >= 0.3 is 0 Å². The van der Waals surface area contributed by atoms with Crippen LogP contribution in [-0.4, -0.2) is 31.6 Å². The molecule has 2 aromatic carbocycles. The lowest BCUT2D eigenvalue weighted by atomic mass is 9.92. The molecule has 0 spiro atoms. The number of anilines is 2. The Morgan fingerprint density at radius 1 is 0.818 bits per heavy atom. The van der Waals surface area contributed by atoms with E-state index >= 15 is 0 Å². The first-order valence-corrected chi connectivity index (χ1v) is 16.5. The van der Waals surface area contributed by atoms with Crippen LogP contribution in [0.4, 0.5) is 11.4 Å². The molecule has 0 radical (unpaired) electrons. The van der Waals surface area contributed by atoms with E-state index in [0.717, 1.165) is 24.1 Å². The number of benzene rings is 2. The van der Waals surface area contributed by atoms with Gasteiger partial charge in [0.2, 0.25) is 5.91 Å². The Labute approximate surface area is 266 Å². The van der Waals surface area contributed by atoms with Crippen LogP contribution >= 0.6 is 11.6 Å². The molecule has 4 aromatic rings. The van der Waals surface area contributed by atoms with Gasteiger partial charge in [-0.15, -0.1) is 9.73 Å². The Kier molecular flexibility index (Phi) is 12.0. The molecule has 0 aliphatic rings. The summed E-state index contributed by atoms with van der Waals surface area (Å²) in [5.41, 5.74) is 3.81. The minimum Gasteiger partial charge on any atom is -0.326 e. The van der Waals surface area contributed by atoms with Crippen LogP contribution in [0.15, 0.2) is 48.5 Å². The zero-order valence-electron chi connectivity index (χ0n) is 26.6. The number of hydrogen-bond donors (Lipinski definition) is 3. The molecule has 0 aliphatic carbocycles. The molecule has 0 atom stereocenters. The van der Waals surface area contributed by atoms with Gasteiger partial charge in [0.25, 0.3) is 5.91 Å². The number of aromatic nitrogens is 4. The number of aromatic amines is 1. The number of rotatable bonds is 16. The van der Waals surface area contributed by atoms with Gasteiger partial charge in [-0.25, -0.2) is 0 Å². The summed E-state index contributed by atoms with van der Waals surface area (Å²) in [5.74, 6) is 0.364. The zero-order valence-corrected chi connectivity index (χ0v) is 27.4. The second kappa shape index (κ2) is 15.9. The number of nitrogens with zero attached hydrogens (tertiary/aromatic N) is 3. The number of amides is 2. The van der Waals surface area contributed by atoms with E-state index in [1.54, 1.807) is 24.3 Å². The predicted molar refractivity (Wildman–Crippen MR) is 181 cm³/mol. The summed E-state index contributed by atoms with van der Waals surface area (Å²) < 4.78 is 1.52. The molecule has 4 rings (SSSR count). The van der Waals surface area contributed by atoms with Gasteiger partial charge in [0.1, 0.15) is 5.02 Å². The third-order valence-electron chi connectivity index (χ3n) is 7.78. The largest absolute Gasteiger partial charge is 0.326 e. The van der Waals surface area contributed by atoms with Crippen LogP contribution in [0.3, 0.4) is 0 Å². The van der Waals surface area contributed by atoms with E-state index in [0.29, 0.717) is 39.9 Å². The minimum atomic E-state index is -0.243. The quantitative estimate of drug-likeness (QED) is 0.109. The van der Waals surface area contributed by atoms with Crippen LogP contribution in [-0.2, 0) is 10.2 Å². The van der Waals surface area contributed by atoms with E-state index < -0.39 is 0 Å². The van der Waals surface area contributed by atoms with Crippen LogP contribution in [0.25, 0.3) is 17.0 Å². The normalized spacial score (nSPS) is 11.7. The summed E-state index contributed by atoms with van der Waals surface area (Å²) in [6.45, 7) is 8.41. The van der Waals surface area contributed by atoms with Gasteiger partial charge in [-0.2, -0.15) is 5.10 Å². The number of fused-ring (bicyclic) bond motifs is 1. The molecule has 3 N–H and O–H groups in total. The number of carbonyl (C=O) groups excluding carboxylic acids is 2. The van der Waals surface area contributed by atoms with E-state index in [1.807, 2.05) is 24.3 Å². The average Bonchev–Trinajstić information content (AvgIpc) is 3.56. The summed E-state index contributed by atoms with van der Waals surface area (Å²) in [6, 6.07) is 14.4. The van der Waals surface area contributed by atoms with E-state index in [2.05, 4.69) is 53.5 Å². The number of carbonyl (C=O) groups is 2. The van der Waals surface area contributed by atoms with Gasteiger partial charge in [0.15, 0.2) is 11.5 Å². The van der Waals surface area contributed by atoms with Crippen LogP contribution in [0.5, 0.6) is 0 Å². The van der Waals surface area contributed by atoms with Crippen molar-refractivity contribution in [1.82, 2.24) is 19.8 Å². The van der Waals surface area contributed by atoms with E-state index in [4.69, 9.17) is 11.6 Å². The molecule has 0 unspecified atom stereocenters. The molecule has 44 heavy (non-hydrogen) atoms. The van der Waals surface area contributed by atoms with Crippen molar-refractivity contribution >= 4 is 40.4 Å². The molecule has 2 amide bonds. The van der Waals surface area contributed by atoms with Crippen molar-refractivity contribution in [3.63, 3.8) is 0 Å². The molecule has 0 bridgehead atoms. The summed E-state index contributed by atoms with van der Waals surface area (Å²) in [7, 11) is 0. The SMILES string of the molecule is CCCCCCCCCCCCCC(=O)Nc1ccc(C(=O)Nc2cccc(-c3nn4nc(C(C)(C)C)c(Cl)c4[nH]3)c2)cc1. The molecule has 9 heteroatoms. The van der Waals surface area contributed by atoms with Crippen LogP contribution in [0, 0.1) is 0 Å².